The van der Waals surface area contributed by atoms with Crippen LogP contribution in [0.2, 0.25) is 0 Å². The smallest absolute Gasteiger partial charge is 0.329 e. The molecule has 0 unspecified atom stereocenters. The van der Waals surface area contributed by atoms with Crippen molar-refractivity contribution in [1.29, 1.82) is 5.26 Å². The average molecular weight is 300 g/mol. The van der Waals surface area contributed by atoms with E-state index in [0.717, 1.165) is 5.56 Å². The second kappa shape index (κ2) is 10.2. The Hall–Kier alpha value is -2.61. The summed E-state index contributed by atoms with van der Waals surface area (Å²) in [7, 11) is 0. The Labute approximate surface area is 130 Å². The molecule has 0 saturated carbocycles. The molecule has 0 heterocycles. The zero-order valence-corrected chi connectivity index (χ0v) is 12.5. The van der Waals surface area contributed by atoms with Gasteiger partial charge < -0.3 is 10.1 Å². The molecule has 0 bridgehead atoms. The number of nitrogens with one attached hydrogen (secondary N) is 1. The highest BCUT2D eigenvalue weighted by Gasteiger charge is 2.21. The maximum Gasteiger partial charge on any atom is 0.329 e. The third-order valence-corrected chi connectivity index (χ3v) is 3.04. The highest BCUT2D eigenvalue weighted by molar-refractivity contribution is 5.84. The molecule has 1 aromatic carbocycles. The van der Waals surface area contributed by atoms with Crippen LogP contribution in [-0.4, -0.2) is 24.5 Å². The Morgan fingerprint density at radius 1 is 1.36 bits per heavy atom. The predicted octanol–water partition coefficient (Wildman–Crippen LogP) is 2.14. The number of carbonyl (C=O) groups is 2. The SMILES string of the molecule is C=CCCC(=O)N[C@@H](CCc1ccccc1)C(=O)OCC#N. The van der Waals surface area contributed by atoms with Crippen molar-refractivity contribution in [2.24, 2.45) is 0 Å². The molecular weight excluding hydrogens is 280 g/mol. The van der Waals surface area contributed by atoms with E-state index in [1.54, 1.807) is 12.1 Å². The van der Waals surface area contributed by atoms with Crippen LogP contribution in [-0.2, 0) is 20.7 Å². The predicted molar refractivity (Wildman–Crippen MR) is 82.7 cm³/mol. The molecule has 1 aromatic rings. The molecule has 0 aromatic heterocycles. The second-order valence-corrected chi connectivity index (χ2v) is 4.74. The monoisotopic (exact) mass is 300 g/mol. The molecule has 0 aliphatic rings. The summed E-state index contributed by atoms with van der Waals surface area (Å²) >= 11 is 0. The lowest BCUT2D eigenvalue weighted by Crippen LogP contribution is -2.42. The van der Waals surface area contributed by atoms with Crippen molar-refractivity contribution in [1.82, 2.24) is 5.32 Å². The van der Waals surface area contributed by atoms with E-state index in [1.807, 2.05) is 30.3 Å². The minimum atomic E-state index is -0.745. The molecule has 5 nitrogen and oxygen atoms in total. The lowest BCUT2D eigenvalue weighted by Gasteiger charge is -2.16. The van der Waals surface area contributed by atoms with Gasteiger partial charge in [0, 0.05) is 6.42 Å². The van der Waals surface area contributed by atoms with Gasteiger partial charge in [0.1, 0.15) is 12.1 Å². The van der Waals surface area contributed by atoms with Gasteiger partial charge in [-0.15, -0.1) is 6.58 Å². The summed E-state index contributed by atoms with van der Waals surface area (Å²) in [4.78, 5) is 23.7. The first kappa shape index (κ1) is 17.4. The van der Waals surface area contributed by atoms with Gasteiger partial charge in [-0.2, -0.15) is 5.26 Å². The number of ether oxygens (including phenoxy) is 1. The number of allylic oxidation sites excluding steroid dienone is 1. The Kier molecular flexibility index (Phi) is 8.06. The third kappa shape index (κ3) is 6.71. The van der Waals surface area contributed by atoms with Crippen LogP contribution < -0.4 is 5.32 Å². The molecule has 1 amide bonds. The van der Waals surface area contributed by atoms with Crippen LogP contribution in [0, 0.1) is 11.3 Å². The van der Waals surface area contributed by atoms with E-state index in [2.05, 4.69) is 11.9 Å². The molecule has 1 N–H and O–H groups in total. The van der Waals surface area contributed by atoms with Gasteiger partial charge in [0.25, 0.3) is 0 Å². The zero-order valence-electron chi connectivity index (χ0n) is 12.5. The fourth-order valence-electron chi connectivity index (χ4n) is 1.91. The van der Waals surface area contributed by atoms with E-state index in [-0.39, 0.29) is 18.9 Å². The van der Waals surface area contributed by atoms with Crippen LogP contribution >= 0.6 is 0 Å². The van der Waals surface area contributed by atoms with Crippen LogP contribution in [0.3, 0.4) is 0 Å². The van der Waals surface area contributed by atoms with Crippen LogP contribution in [0.5, 0.6) is 0 Å². The Bertz CT molecular complexity index is 535. The van der Waals surface area contributed by atoms with E-state index in [9.17, 15) is 9.59 Å². The number of rotatable bonds is 9. The van der Waals surface area contributed by atoms with Gasteiger partial charge in [-0.25, -0.2) is 4.79 Å². The second-order valence-electron chi connectivity index (χ2n) is 4.74. The molecule has 1 atom stereocenters. The molecular formula is C17H20N2O3. The Balaban J connectivity index is 2.60. The number of esters is 1. The average Bonchev–Trinajstić information content (AvgIpc) is 2.55. The first-order valence-corrected chi connectivity index (χ1v) is 7.15. The number of nitriles is 1. The highest BCUT2D eigenvalue weighted by atomic mass is 16.5. The molecule has 1 rings (SSSR count). The molecule has 0 saturated heterocycles. The summed E-state index contributed by atoms with van der Waals surface area (Å²) < 4.78 is 4.81. The normalized spacial score (nSPS) is 11.0. The maximum absolute atomic E-state index is 11.9. The number of hydrogen-bond donors (Lipinski definition) is 1. The van der Waals surface area contributed by atoms with Gasteiger partial charge in [0.2, 0.25) is 5.91 Å². The van der Waals surface area contributed by atoms with Crippen molar-refractivity contribution < 1.29 is 14.3 Å². The Morgan fingerprint density at radius 2 is 2.09 bits per heavy atom. The number of hydrogen-bond acceptors (Lipinski definition) is 4. The van der Waals surface area contributed by atoms with Crippen molar-refractivity contribution in [3.8, 4) is 6.07 Å². The maximum atomic E-state index is 11.9. The van der Waals surface area contributed by atoms with Crippen molar-refractivity contribution in [2.45, 2.75) is 31.7 Å². The van der Waals surface area contributed by atoms with Crippen LogP contribution in [0.1, 0.15) is 24.8 Å². The molecule has 0 spiro atoms. The summed E-state index contributed by atoms with van der Waals surface area (Å²) in [6.07, 6.45) is 3.52. The highest BCUT2D eigenvalue weighted by Crippen LogP contribution is 2.07. The van der Waals surface area contributed by atoms with Gasteiger partial charge >= 0.3 is 5.97 Å². The summed E-state index contributed by atoms with van der Waals surface area (Å²) in [5, 5.41) is 11.1. The minimum Gasteiger partial charge on any atom is -0.449 e. The number of nitrogens with zero attached hydrogens (tertiary/aromatic N) is 1. The third-order valence-electron chi connectivity index (χ3n) is 3.04. The quantitative estimate of drug-likeness (QED) is 0.560. The standard InChI is InChI=1S/C17H20N2O3/c1-2-3-9-16(20)19-15(17(21)22-13-12-18)11-10-14-7-5-4-6-8-14/h2,4-8,15H,1,3,9-11,13H2,(H,19,20)/t15-/m0/s1. The minimum absolute atomic E-state index is 0.230. The zero-order chi connectivity index (χ0) is 16.2. The van der Waals surface area contributed by atoms with Crippen LogP contribution in [0.4, 0.5) is 0 Å². The van der Waals surface area contributed by atoms with Crippen molar-refractivity contribution in [3.05, 3.63) is 48.6 Å². The fourth-order valence-corrected chi connectivity index (χ4v) is 1.91. The molecule has 5 heteroatoms. The van der Waals surface area contributed by atoms with E-state index in [1.165, 1.54) is 0 Å². The number of carbonyl (C=O) groups excluding carboxylic acids is 2. The number of amides is 1. The van der Waals surface area contributed by atoms with Gasteiger partial charge in [-0.3, -0.25) is 4.79 Å². The molecule has 0 aliphatic heterocycles. The lowest BCUT2D eigenvalue weighted by molar-refractivity contribution is -0.146. The van der Waals surface area contributed by atoms with E-state index in [4.69, 9.17) is 10.00 Å². The van der Waals surface area contributed by atoms with E-state index >= 15 is 0 Å². The summed E-state index contributed by atoms with van der Waals surface area (Å²) in [5.41, 5.74) is 1.07. The van der Waals surface area contributed by atoms with E-state index in [0.29, 0.717) is 19.3 Å². The van der Waals surface area contributed by atoms with Crippen molar-refractivity contribution in [3.63, 3.8) is 0 Å². The number of benzene rings is 1. The largest absolute Gasteiger partial charge is 0.449 e. The molecule has 0 fully saturated rings. The molecule has 22 heavy (non-hydrogen) atoms. The fraction of sp³-hybridized carbons (Fsp3) is 0.353. The van der Waals surface area contributed by atoms with Gasteiger partial charge in [-0.1, -0.05) is 36.4 Å². The lowest BCUT2D eigenvalue weighted by atomic mass is 10.0. The topological polar surface area (TPSA) is 79.2 Å². The molecule has 0 aliphatic carbocycles. The summed E-state index contributed by atoms with van der Waals surface area (Å²) in [6.45, 7) is 3.24. The number of aryl methyl sites for hydroxylation is 1. The van der Waals surface area contributed by atoms with Crippen molar-refractivity contribution >= 4 is 11.9 Å². The summed E-state index contributed by atoms with van der Waals surface area (Å²) in [6, 6.07) is 10.7. The van der Waals surface area contributed by atoms with Gasteiger partial charge in [-0.05, 0) is 24.8 Å². The van der Waals surface area contributed by atoms with Gasteiger partial charge in [0.15, 0.2) is 6.61 Å². The van der Waals surface area contributed by atoms with Gasteiger partial charge in [0.05, 0.1) is 0 Å². The van der Waals surface area contributed by atoms with Crippen molar-refractivity contribution in [2.75, 3.05) is 6.61 Å². The van der Waals surface area contributed by atoms with E-state index < -0.39 is 12.0 Å². The molecule has 0 radical (unpaired) electrons. The van der Waals surface area contributed by atoms with Crippen LogP contribution in [0.15, 0.2) is 43.0 Å². The first-order chi connectivity index (χ1) is 10.7. The first-order valence-electron chi connectivity index (χ1n) is 7.15. The molecule has 116 valence electrons. The Morgan fingerprint density at radius 3 is 2.73 bits per heavy atom. The van der Waals surface area contributed by atoms with Crippen LogP contribution in [0.25, 0.3) is 0 Å². The summed E-state index contributed by atoms with van der Waals surface area (Å²) in [5.74, 6) is -0.809.